The van der Waals surface area contributed by atoms with E-state index in [-0.39, 0.29) is 0 Å². The van der Waals surface area contributed by atoms with E-state index >= 15 is 0 Å². The van der Waals surface area contributed by atoms with Crippen molar-refractivity contribution in [2.75, 3.05) is 5.32 Å². The number of imidazole rings is 1. The second kappa shape index (κ2) is 4.81. The van der Waals surface area contributed by atoms with Crippen molar-refractivity contribution in [2.45, 2.75) is 13.5 Å². The third-order valence-electron chi connectivity index (χ3n) is 2.77. The van der Waals surface area contributed by atoms with Crippen molar-refractivity contribution in [1.29, 1.82) is 0 Å². The van der Waals surface area contributed by atoms with Crippen LogP contribution < -0.4 is 5.32 Å². The maximum Gasteiger partial charge on any atom is 0.226 e. The highest BCUT2D eigenvalue weighted by molar-refractivity contribution is 6.33. The van der Waals surface area contributed by atoms with E-state index in [1.54, 1.807) is 6.20 Å². The summed E-state index contributed by atoms with van der Waals surface area (Å²) in [4.78, 5) is 19.7. The van der Waals surface area contributed by atoms with Crippen LogP contribution in [0.15, 0.2) is 24.7 Å². The van der Waals surface area contributed by atoms with Gasteiger partial charge >= 0.3 is 0 Å². The largest absolute Gasteiger partial charge is 0.348 e. The van der Waals surface area contributed by atoms with Crippen LogP contribution in [0, 0.1) is 6.92 Å². The zero-order valence-corrected chi connectivity index (χ0v) is 10.9. The van der Waals surface area contributed by atoms with Crippen LogP contribution in [-0.4, -0.2) is 24.9 Å². The Morgan fingerprint density at radius 3 is 3.05 bits per heavy atom. The fourth-order valence-corrected chi connectivity index (χ4v) is 1.96. The zero-order chi connectivity index (χ0) is 13.2. The number of nitrogens with one attached hydrogen (secondary N) is 2. The van der Waals surface area contributed by atoms with E-state index in [4.69, 9.17) is 11.6 Å². The van der Waals surface area contributed by atoms with Crippen LogP contribution in [0.2, 0.25) is 5.15 Å². The topological polar surface area (TPSA) is 79.4 Å². The molecule has 3 aromatic heterocycles. The molecule has 3 aromatic rings. The first-order valence-corrected chi connectivity index (χ1v) is 6.13. The van der Waals surface area contributed by atoms with Crippen molar-refractivity contribution in [3.05, 3.63) is 41.1 Å². The van der Waals surface area contributed by atoms with Crippen molar-refractivity contribution in [1.82, 2.24) is 24.9 Å². The predicted molar refractivity (Wildman–Crippen MR) is 73.0 cm³/mol. The summed E-state index contributed by atoms with van der Waals surface area (Å²) in [6, 6.07) is 3.91. The molecule has 96 valence electrons. The van der Waals surface area contributed by atoms with Gasteiger partial charge < -0.3 is 10.3 Å². The molecule has 0 aliphatic heterocycles. The van der Waals surface area contributed by atoms with E-state index in [2.05, 4.69) is 30.2 Å². The van der Waals surface area contributed by atoms with Gasteiger partial charge in [0.25, 0.3) is 0 Å². The monoisotopic (exact) mass is 274 g/mol. The molecule has 0 aromatic carbocycles. The van der Waals surface area contributed by atoms with Crippen LogP contribution in [-0.2, 0) is 6.54 Å². The Bertz CT molecular complexity index is 723. The van der Waals surface area contributed by atoms with Crippen molar-refractivity contribution in [3.8, 4) is 0 Å². The standard InChI is InChI=1S/C12H11ClN6/c1-7-3-2-4-14-8(7)5-15-12-18-10(13)9-11(19-12)17-6-16-9/h2-4,6H,5H2,1H3,(H2,15,16,17,18,19). The van der Waals surface area contributed by atoms with Gasteiger partial charge in [0.05, 0.1) is 18.6 Å². The lowest BCUT2D eigenvalue weighted by atomic mass is 10.2. The summed E-state index contributed by atoms with van der Waals surface area (Å²) in [5.41, 5.74) is 3.24. The lowest BCUT2D eigenvalue weighted by Crippen LogP contribution is -2.06. The Labute approximate surface area is 114 Å². The molecule has 19 heavy (non-hydrogen) atoms. The maximum atomic E-state index is 6.04. The molecule has 0 saturated carbocycles. The number of fused-ring (bicyclic) bond motifs is 1. The van der Waals surface area contributed by atoms with Crippen molar-refractivity contribution in [3.63, 3.8) is 0 Å². The molecule has 0 radical (unpaired) electrons. The molecule has 0 amide bonds. The smallest absolute Gasteiger partial charge is 0.226 e. The quantitative estimate of drug-likeness (QED) is 0.717. The fraction of sp³-hybridized carbons (Fsp3) is 0.167. The van der Waals surface area contributed by atoms with Crippen LogP contribution in [0.25, 0.3) is 11.2 Å². The minimum Gasteiger partial charge on any atom is -0.348 e. The number of hydrogen-bond acceptors (Lipinski definition) is 5. The molecule has 0 aliphatic rings. The number of H-pyrrole nitrogens is 1. The zero-order valence-electron chi connectivity index (χ0n) is 10.2. The van der Waals surface area contributed by atoms with Gasteiger partial charge in [-0.3, -0.25) is 4.98 Å². The molecule has 6 nitrogen and oxygen atoms in total. The molecule has 3 rings (SSSR count). The van der Waals surface area contributed by atoms with Gasteiger partial charge in [-0.05, 0) is 18.6 Å². The summed E-state index contributed by atoms with van der Waals surface area (Å²) in [5.74, 6) is 0.439. The first-order valence-electron chi connectivity index (χ1n) is 5.75. The number of anilines is 1. The number of rotatable bonds is 3. The first-order chi connectivity index (χ1) is 9.24. The van der Waals surface area contributed by atoms with Gasteiger partial charge in [-0.1, -0.05) is 17.7 Å². The molecule has 2 N–H and O–H groups in total. The number of halogens is 1. The fourth-order valence-electron chi connectivity index (χ4n) is 1.74. The molecule has 0 saturated heterocycles. The number of aryl methyl sites for hydroxylation is 1. The summed E-state index contributed by atoms with van der Waals surface area (Å²) in [7, 11) is 0. The van der Waals surface area contributed by atoms with Crippen molar-refractivity contribution in [2.24, 2.45) is 0 Å². The van der Waals surface area contributed by atoms with Gasteiger partial charge in [0.15, 0.2) is 10.8 Å². The summed E-state index contributed by atoms with van der Waals surface area (Å²) in [6.45, 7) is 2.55. The molecule has 3 heterocycles. The van der Waals surface area contributed by atoms with Gasteiger partial charge in [-0.15, -0.1) is 0 Å². The predicted octanol–water partition coefficient (Wildman–Crippen LogP) is 2.32. The third kappa shape index (κ3) is 2.34. The van der Waals surface area contributed by atoms with E-state index in [9.17, 15) is 0 Å². The van der Waals surface area contributed by atoms with Crippen molar-refractivity contribution < 1.29 is 0 Å². The highest BCUT2D eigenvalue weighted by Crippen LogP contribution is 2.18. The van der Waals surface area contributed by atoms with Crippen molar-refractivity contribution >= 4 is 28.7 Å². The second-order valence-electron chi connectivity index (χ2n) is 4.06. The normalized spacial score (nSPS) is 10.8. The van der Waals surface area contributed by atoms with E-state index in [0.29, 0.717) is 28.8 Å². The number of hydrogen-bond donors (Lipinski definition) is 2. The molecule has 0 spiro atoms. The molecule has 0 fully saturated rings. The molecular weight excluding hydrogens is 264 g/mol. The molecule has 0 bridgehead atoms. The van der Waals surface area contributed by atoms with E-state index in [1.807, 2.05) is 19.1 Å². The van der Waals surface area contributed by atoms with E-state index < -0.39 is 0 Å². The number of nitrogens with zero attached hydrogens (tertiary/aromatic N) is 4. The van der Waals surface area contributed by atoms with Gasteiger partial charge in [0, 0.05) is 6.20 Å². The average molecular weight is 275 g/mol. The molecule has 0 aliphatic carbocycles. The Morgan fingerprint density at radius 2 is 2.21 bits per heavy atom. The molecule has 0 atom stereocenters. The molecule has 7 heteroatoms. The minimum atomic E-state index is 0.350. The van der Waals surface area contributed by atoms with Gasteiger partial charge in [0.2, 0.25) is 5.95 Å². The summed E-state index contributed by atoms with van der Waals surface area (Å²) >= 11 is 6.04. The van der Waals surface area contributed by atoms with Gasteiger partial charge in [-0.25, -0.2) is 4.98 Å². The highest BCUT2D eigenvalue weighted by atomic mass is 35.5. The number of aromatic nitrogens is 5. The third-order valence-corrected chi connectivity index (χ3v) is 3.05. The first kappa shape index (κ1) is 11.9. The number of aromatic amines is 1. The Morgan fingerprint density at radius 1 is 1.32 bits per heavy atom. The van der Waals surface area contributed by atoms with Crippen LogP contribution in [0.5, 0.6) is 0 Å². The van der Waals surface area contributed by atoms with E-state index in [1.165, 1.54) is 6.33 Å². The Hall–Kier alpha value is -2.21. The lowest BCUT2D eigenvalue weighted by Gasteiger charge is -2.06. The Kier molecular flexibility index (Phi) is 3.00. The number of pyridine rings is 1. The summed E-state index contributed by atoms with van der Waals surface area (Å²) in [6.07, 6.45) is 3.30. The maximum absolute atomic E-state index is 6.04. The SMILES string of the molecule is Cc1cccnc1CNc1nc(Cl)c2[nH]cnc2n1. The Balaban J connectivity index is 1.84. The van der Waals surface area contributed by atoms with Gasteiger partial charge in [-0.2, -0.15) is 9.97 Å². The molecular formula is C12H11ClN6. The van der Waals surface area contributed by atoms with Crippen LogP contribution in [0.4, 0.5) is 5.95 Å². The van der Waals surface area contributed by atoms with Crippen LogP contribution >= 0.6 is 11.6 Å². The second-order valence-corrected chi connectivity index (χ2v) is 4.42. The average Bonchev–Trinajstić information content (AvgIpc) is 2.87. The van der Waals surface area contributed by atoms with E-state index in [0.717, 1.165) is 11.3 Å². The van der Waals surface area contributed by atoms with Gasteiger partial charge in [0.1, 0.15) is 5.52 Å². The summed E-state index contributed by atoms with van der Waals surface area (Å²) < 4.78 is 0. The summed E-state index contributed by atoms with van der Waals surface area (Å²) in [5, 5.41) is 3.45. The lowest BCUT2D eigenvalue weighted by molar-refractivity contribution is 0.988. The van der Waals surface area contributed by atoms with Crippen LogP contribution in [0.3, 0.4) is 0 Å². The minimum absolute atomic E-state index is 0.350. The molecule has 0 unspecified atom stereocenters. The van der Waals surface area contributed by atoms with Crippen LogP contribution in [0.1, 0.15) is 11.3 Å². The highest BCUT2D eigenvalue weighted by Gasteiger charge is 2.08.